The molecule has 0 saturated heterocycles. The zero-order valence-electron chi connectivity index (χ0n) is 11.4. The summed E-state index contributed by atoms with van der Waals surface area (Å²) in [5.41, 5.74) is 0.836. The van der Waals surface area contributed by atoms with Gasteiger partial charge < -0.3 is 10.1 Å². The second-order valence-corrected chi connectivity index (χ2v) is 5.86. The molecule has 118 valence electrons. The minimum atomic E-state index is -4.17. The summed E-state index contributed by atoms with van der Waals surface area (Å²) in [6.07, 6.45) is -2.60. The molecule has 0 saturated carbocycles. The van der Waals surface area contributed by atoms with E-state index in [0.717, 1.165) is 5.56 Å². The van der Waals surface area contributed by atoms with E-state index in [-0.39, 0.29) is 12.1 Å². The van der Waals surface area contributed by atoms with Gasteiger partial charge in [-0.05, 0) is 30.7 Å². The van der Waals surface area contributed by atoms with Crippen LogP contribution in [0.1, 0.15) is 30.5 Å². The van der Waals surface area contributed by atoms with Gasteiger partial charge in [0.2, 0.25) is 0 Å². The number of nitrogens with one attached hydrogen (secondary N) is 1. The van der Waals surface area contributed by atoms with E-state index >= 15 is 0 Å². The molecule has 0 amide bonds. The van der Waals surface area contributed by atoms with Crippen molar-refractivity contribution in [3.05, 3.63) is 27.7 Å². The van der Waals surface area contributed by atoms with Crippen LogP contribution in [0.15, 0.2) is 16.6 Å². The second kappa shape index (κ2) is 6.52. The summed E-state index contributed by atoms with van der Waals surface area (Å²) in [4.78, 5) is 0. The predicted octanol–water partition coefficient (Wildman–Crippen LogP) is 4.33. The van der Waals surface area contributed by atoms with Crippen LogP contribution >= 0.6 is 15.9 Å². The van der Waals surface area contributed by atoms with Gasteiger partial charge in [0.15, 0.2) is 0 Å². The standard InChI is InChI=1S/C14H16BrF4NO/c1-2-4-20-12(14(18,19)13(16)17)10-7-9(15)6-8-3-5-21-11(8)10/h6-7,12-13,20H,2-5H2,1H3. The molecule has 0 bridgehead atoms. The van der Waals surface area contributed by atoms with Gasteiger partial charge in [0.1, 0.15) is 11.8 Å². The zero-order chi connectivity index (χ0) is 15.6. The summed E-state index contributed by atoms with van der Waals surface area (Å²) in [6.45, 7) is 2.38. The molecule has 0 aromatic heterocycles. The molecule has 1 aromatic rings. The molecular formula is C14H16BrF4NO. The second-order valence-electron chi connectivity index (χ2n) is 4.94. The van der Waals surface area contributed by atoms with Gasteiger partial charge in [0.25, 0.3) is 0 Å². The lowest BCUT2D eigenvalue weighted by atomic mass is 9.97. The highest BCUT2D eigenvalue weighted by molar-refractivity contribution is 9.10. The fourth-order valence-corrected chi connectivity index (χ4v) is 2.90. The summed E-state index contributed by atoms with van der Waals surface area (Å²) in [6, 6.07) is 1.42. The lowest BCUT2D eigenvalue weighted by molar-refractivity contribution is -0.151. The highest BCUT2D eigenvalue weighted by Crippen LogP contribution is 2.44. The monoisotopic (exact) mass is 369 g/mol. The maximum absolute atomic E-state index is 13.9. The molecule has 1 unspecified atom stereocenters. The lowest BCUT2D eigenvalue weighted by Gasteiger charge is -2.29. The van der Waals surface area contributed by atoms with Crippen LogP contribution in [0.25, 0.3) is 0 Å². The SMILES string of the molecule is CCCNC(c1cc(Br)cc2c1OCC2)C(F)(F)C(F)F. The van der Waals surface area contributed by atoms with Crippen molar-refractivity contribution in [1.29, 1.82) is 0 Å². The minimum Gasteiger partial charge on any atom is -0.493 e. The summed E-state index contributed by atoms with van der Waals surface area (Å²) in [5.74, 6) is -3.87. The first-order valence-corrected chi connectivity index (χ1v) is 7.51. The molecule has 0 spiro atoms. The summed E-state index contributed by atoms with van der Waals surface area (Å²) in [7, 11) is 0. The molecule has 0 fully saturated rings. The van der Waals surface area contributed by atoms with E-state index in [4.69, 9.17) is 4.74 Å². The van der Waals surface area contributed by atoms with Crippen molar-refractivity contribution in [2.75, 3.05) is 13.2 Å². The summed E-state index contributed by atoms with van der Waals surface area (Å²) < 4.78 is 59.4. The van der Waals surface area contributed by atoms with Gasteiger partial charge in [-0.3, -0.25) is 0 Å². The molecule has 1 heterocycles. The fraction of sp³-hybridized carbons (Fsp3) is 0.571. The third kappa shape index (κ3) is 3.34. The van der Waals surface area contributed by atoms with Crippen molar-refractivity contribution in [2.24, 2.45) is 0 Å². The average Bonchev–Trinajstić information content (AvgIpc) is 2.86. The van der Waals surface area contributed by atoms with Crippen molar-refractivity contribution in [3.63, 3.8) is 0 Å². The molecule has 1 atom stereocenters. The van der Waals surface area contributed by atoms with Crippen LogP contribution in [0.3, 0.4) is 0 Å². The van der Waals surface area contributed by atoms with Crippen LogP contribution in [0.2, 0.25) is 0 Å². The van der Waals surface area contributed by atoms with Gasteiger partial charge in [-0.2, -0.15) is 8.78 Å². The van der Waals surface area contributed by atoms with Crippen molar-refractivity contribution in [1.82, 2.24) is 5.32 Å². The van der Waals surface area contributed by atoms with Gasteiger partial charge in [-0.1, -0.05) is 22.9 Å². The average molecular weight is 370 g/mol. The molecule has 1 aliphatic rings. The molecule has 1 aromatic carbocycles. The Morgan fingerprint density at radius 3 is 2.71 bits per heavy atom. The molecule has 1 aliphatic heterocycles. The largest absolute Gasteiger partial charge is 0.493 e. The van der Waals surface area contributed by atoms with Crippen LogP contribution in [-0.4, -0.2) is 25.5 Å². The summed E-state index contributed by atoms with van der Waals surface area (Å²) in [5, 5.41) is 2.53. The predicted molar refractivity (Wildman–Crippen MR) is 75.3 cm³/mol. The van der Waals surface area contributed by atoms with Crippen LogP contribution in [0.5, 0.6) is 5.75 Å². The van der Waals surface area contributed by atoms with E-state index in [1.165, 1.54) is 6.07 Å². The van der Waals surface area contributed by atoms with Gasteiger partial charge in [0.05, 0.1) is 6.61 Å². The van der Waals surface area contributed by atoms with Crippen molar-refractivity contribution in [2.45, 2.75) is 38.2 Å². The summed E-state index contributed by atoms with van der Waals surface area (Å²) >= 11 is 3.24. The number of ether oxygens (including phenoxy) is 1. The highest BCUT2D eigenvalue weighted by atomic mass is 79.9. The van der Waals surface area contributed by atoms with Gasteiger partial charge in [-0.15, -0.1) is 0 Å². The molecule has 2 rings (SSSR count). The Kier molecular flexibility index (Phi) is 5.14. The molecule has 0 aliphatic carbocycles. The fourth-order valence-electron chi connectivity index (χ4n) is 2.38. The van der Waals surface area contributed by atoms with Gasteiger partial charge >= 0.3 is 12.3 Å². The van der Waals surface area contributed by atoms with E-state index in [1.807, 2.05) is 0 Å². The zero-order valence-corrected chi connectivity index (χ0v) is 13.0. The first kappa shape index (κ1) is 16.5. The first-order chi connectivity index (χ1) is 9.87. The lowest BCUT2D eigenvalue weighted by Crippen LogP contribution is -2.43. The Hall–Kier alpha value is -0.820. The van der Waals surface area contributed by atoms with Crippen LogP contribution in [-0.2, 0) is 6.42 Å². The number of alkyl halides is 4. The quantitative estimate of drug-likeness (QED) is 0.753. The molecule has 0 radical (unpaired) electrons. The molecule has 21 heavy (non-hydrogen) atoms. The van der Waals surface area contributed by atoms with Crippen LogP contribution < -0.4 is 10.1 Å². The van der Waals surface area contributed by atoms with E-state index in [2.05, 4.69) is 21.2 Å². The van der Waals surface area contributed by atoms with Crippen molar-refractivity contribution >= 4 is 15.9 Å². The highest BCUT2D eigenvalue weighted by Gasteiger charge is 2.50. The van der Waals surface area contributed by atoms with Gasteiger partial charge in [-0.25, -0.2) is 8.78 Å². The molecule has 2 nitrogen and oxygen atoms in total. The Balaban J connectivity index is 2.46. The Morgan fingerprint density at radius 1 is 1.38 bits per heavy atom. The van der Waals surface area contributed by atoms with Crippen molar-refractivity contribution < 1.29 is 22.3 Å². The third-order valence-corrected chi connectivity index (χ3v) is 3.82. The van der Waals surface area contributed by atoms with Crippen molar-refractivity contribution in [3.8, 4) is 5.75 Å². The maximum atomic E-state index is 13.9. The molecule has 1 N–H and O–H groups in total. The molecular weight excluding hydrogens is 354 g/mol. The molecule has 7 heteroatoms. The Labute approximate surface area is 129 Å². The number of benzene rings is 1. The third-order valence-electron chi connectivity index (χ3n) is 3.36. The number of hydrogen-bond donors (Lipinski definition) is 1. The number of rotatable bonds is 6. The van der Waals surface area contributed by atoms with E-state index in [1.54, 1.807) is 13.0 Å². The Morgan fingerprint density at radius 2 is 2.10 bits per heavy atom. The van der Waals surface area contributed by atoms with E-state index in [0.29, 0.717) is 29.7 Å². The Bertz CT molecular complexity index is 510. The number of fused-ring (bicyclic) bond motifs is 1. The number of halogens is 5. The van der Waals surface area contributed by atoms with E-state index in [9.17, 15) is 17.6 Å². The smallest absolute Gasteiger partial charge is 0.326 e. The topological polar surface area (TPSA) is 21.3 Å². The first-order valence-electron chi connectivity index (χ1n) is 6.72. The van der Waals surface area contributed by atoms with Gasteiger partial charge in [0, 0.05) is 16.5 Å². The van der Waals surface area contributed by atoms with Crippen LogP contribution in [0, 0.1) is 0 Å². The van der Waals surface area contributed by atoms with Crippen LogP contribution in [0.4, 0.5) is 17.6 Å². The normalized spacial score (nSPS) is 16.0. The minimum absolute atomic E-state index is 0.0793. The number of hydrogen-bond acceptors (Lipinski definition) is 2. The maximum Gasteiger partial charge on any atom is 0.326 e. The van der Waals surface area contributed by atoms with E-state index < -0.39 is 18.4 Å².